The Morgan fingerprint density at radius 1 is 1.26 bits per heavy atom. The molecule has 1 atom stereocenters. The second-order valence-corrected chi connectivity index (χ2v) is 5.75. The normalized spacial score (nSPS) is 19.1. The highest BCUT2D eigenvalue weighted by Crippen LogP contribution is 2.24. The first-order chi connectivity index (χ1) is 9.20. The summed E-state index contributed by atoms with van der Waals surface area (Å²) in [6, 6.07) is 5.14. The highest BCUT2D eigenvalue weighted by Gasteiger charge is 2.19. The lowest BCUT2D eigenvalue weighted by Crippen LogP contribution is -2.36. The molecule has 1 aromatic rings. The third-order valence-corrected chi connectivity index (χ3v) is 4.10. The molecule has 19 heavy (non-hydrogen) atoms. The summed E-state index contributed by atoms with van der Waals surface area (Å²) in [4.78, 5) is 0. The van der Waals surface area contributed by atoms with Gasteiger partial charge in [0.1, 0.15) is 5.82 Å². The van der Waals surface area contributed by atoms with Crippen LogP contribution < -0.4 is 11.1 Å². The molecule has 1 unspecified atom stereocenters. The van der Waals surface area contributed by atoms with Crippen molar-refractivity contribution in [2.45, 2.75) is 50.6 Å². The van der Waals surface area contributed by atoms with E-state index in [9.17, 15) is 4.39 Å². The summed E-state index contributed by atoms with van der Waals surface area (Å²) in [6.45, 7) is 0.398. The molecule has 2 nitrogen and oxygen atoms in total. The molecule has 0 aliphatic heterocycles. The van der Waals surface area contributed by atoms with Crippen LogP contribution in [0.3, 0.4) is 0 Å². The van der Waals surface area contributed by atoms with Gasteiger partial charge in [0.05, 0.1) is 0 Å². The van der Waals surface area contributed by atoms with Crippen LogP contribution in [0.4, 0.5) is 4.39 Å². The summed E-state index contributed by atoms with van der Waals surface area (Å²) in [5.74, 6) is -0.274. The highest BCUT2D eigenvalue weighted by molar-refractivity contribution is 6.30. The molecule has 1 aromatic carbocycles. The molecular weight excluding hydrogens is 263 g/mol. The van der Waals surface area contributed by atoms with Crippen LogP contribution in [0.5, 0.6) is 0 Å². The first-order valence-corrected chi connectivity index (χ1v) is 7.49. The Labute approximate surface area is 119 Å². The Hall–Kier alpha value is -0.640. The maximum atomic E-state index is 13.9. The topological polar surface area (TPSA) is 38.0 Å². The Bertz CT molecular complexity index is 403. The predicted molar refractivity (Wildman–Crippen MR) is 77.8 cm³/mol. The third-order valence-electron chi connectivity index (χ3n) is 3.87. The minimum absolute atomic E-state index is 0.125. The molecule has 0 aromatic heterocycles. The second kappa shape index (κ2) is 7.22. The van der Waals surface area contributed by atoms with Crippen molar-refractivity contribution < 1.29 is 4.39 Å². The van der Waals surface area contributed by atoms with E-state index in [0.717, 1.165) is 12.8 Å². The maximum Gasteiger partial charge on any atom is 0.129 e. The van der Waals surface area contributed by atoms with E-state index < -0.39 is 0 Å². The molecule has 0 amide bonds. The Kier molecular flexibility index (Phi) is 5.61. The predicted octanol–water partition coefficient (Wildman–Crippen LogP) is 3.79. The van der Waals surface area contributed by atoms with E-state index >= 15 is 0 Å². The zero-order valence-electron chi connectivity index (χ0n) is 11.2. The van der Waals surface area contributed by atoms with Crippen LogP contribution in [0.15, 0.2) is 18.2 Å². The number of nitrogens with one attached hydrogen (secondary N) is 1. The van der Waals surface area contributed by atoms with Gasteiger partial charge in [-0.2, -0.15) is 0 Å². The lowest BCUT2D eigenvalue weighted by molar-refractivity contribution is 0.394. The summed E-state index contributed by atoms with van der Waals surface area (Å²) in [6.07, 6.45) is 7.43. The third kappa shape index (κ3) is 4.16. The van der Waals surface area contributed by atoms with Crippen molar-refractivity contribution >= 4 is 11.6 Å². The van der Waals surface area contributed by atoms with Gasteiger partial charge in [-0.25, -0.2) is 4.39 Å². The molecular formula is C15H22ClFN2. The number of rotatable bonds is 4. The monoisotopic (exact) mass is 284 g/mol. The largest absolute Gasteiger partial charge is 0.329 e. The summed E-state index contributed by atoms with van der Waals surface area (Å²) in [7, 11) is 0. The van der Waals surface area contributed by atoms with Crippen LogP contribution in [-0.2, 0) is 0 Å². The van der Waals surface area contributed by atoms with Crippen molar-refractivity contribution in [2.24, 2.45) is 5.73 Å². The quantitative estimate of drug-likeness (QED) is 0.826. The molecule has 1 aliphatic rings. The molecule has 0 heterocycles. The molecule has 1 saturated carbocycles. The summed E-state index contributed by atoms with van der Waals surface area (Å²) < 4.78 is 13.9. The van der Waals surface area contributed by atoms with Gasteiger partial charge < -0.3 is 11.1 Å². The van der Waals surface area contributed by atoms with Gasteiger partial charge in [-0.1, -0.05) is 43.4 Å². The molecule has 106 valence electrons. The van der Waals surface area contributed by atoms with Crippen LogP contribution in [0.25, 0.3) is 0 Å². The van der Waals surface area contributed by atoms with Crippen molar-refractivity contribution in [3.05, 3.63) is 34.6 Å². The number of hydrogen-bond acceptors (Lipinski definition) is 2. The standard InChI is InChI=1S/C15H22ClFN2/c16-11-7-8-13(14(17)9-11)15(10-18)19-12-5-3-1-2-4-6-12/h7-9,12,15,19H,1-6,10,18H2. The number of hydrogen-bond donors (Lipinski definition) is 2. The minimum atomic E-state index is -0.274. The Balaban J connectivity index is 2.06. The number of halogens is 2. The molecule has 1 aliphatic carbocycles. The highest BCUT2D eigenvalue weighted by atomic mass is 35.5. The fourth-order valence-corrected chi connectivity index (χ4v) is 2.96. The second-order valence-electron chi connectivity index (χ2n) is 5.31. The fourth-order valence-electron chi connectivity index (χ4n) is 2.80. The molecule has 0 saturated heterocycles. The van der Waals surface area contributed by atoms with Crippen molar-refractivity contribution in [2.75, 3.05) is 6.54 Å². The molecule has 3 N–H and O–H groups in total. The van der Waals surface area contributed by atoms with Crippen LogP contribution in [0.1, 0.15) is 50.1 Å². The maximum absolute atomic E-state index is 13.9. The average Bonchev–Trinajstić information content (AvgIpc) is 2.65. The van der Waals surface area contributed by atoms with Crippen LogP contribution in [0.2, 0.25) is 5.02 Å². The zero-order valence-corrected chi connectivity index (χ0v) is 11.9. The van der Waals surface area contributed by atoms with Crippen LogP contribution in [0, 0.1) is 5.82 Å². The first kappa shape index (κ1) is 14.8. The first-order valence-electron chi connectivity index (χ1n) is 7.12. The fraction of sp³-hybridized carbons (Fsp3) is 0.600. The molecule has 0 spiro atoms. The zero-order chi connectivity index (χ0) is 13.7. The van der Waals surface area contributed by atoms with Gasteiger partial charge in [0.2, 0.25) is 0 Å². The van der Waals surface area contributed by atoms with Gasteiger partial charge in [-0.05, 0) is 25.0 Å². The lowest BCUT2D eigenvalue weighted by Gasteiger charge is -2.24. The van der Waals surface area contributed by atoms with Crippen molar-refractivity contribution in [1.82, 2.24) is 5.32 Å². The molecule has 0 bridgehead atoms. The summed E-state index contributed by atoms with van der Waals surface area (Å²) >= 11 is 5.79. The lowest BCUT2D eigenvalue weighted by atomic mass is 10.0. The Morgan fingerprint density at radius 3 is 2.53 bits per heavy atom. The number of nitrogens with two attached hydrogens (primary N) is 1. The smallest absolute Gasteiger partial charge is 0.129 e. The Morgan fingerprint density at radius 2 is 1.95 bits per heavy atom. The van der Waals surface area contributed by atoms with Gasteiger partial charge in [0.15, 0.2) is 0 Å². The van der Waals surface area contributed by atoms with E-state index in [0.29, 0.717) is 23.2 Å². The van der Waals surface area contributed by atoms with Gasteiger partial charge in [-0.3, -0.25) is 0 Å². The van der Waals surface area contributed by atoms with Crippen molar-refractivity contribution in [3.63, 3.8) is 0 Å². The van der Waals surface area contributed by atoms with Gasteiger partial charge in [-0.15, -0.1) is 0 Å². The van der Waals surface area contributed by atoms with Crippen molar-refractivity contribution in [1.29, 1.82) is 0 Å². The van der Waals surface area contributed by atoms with E-state index in [1.54, 1.807) is 12.1 Å². The van der Waals surface area contributed by atoms with E-state index in [2.05, 4.69) is 5.32 Å². The van der Waals surface area contributed by atoms with Crippen LogP contribution >= 0.6 is 11.6 Å². The van der Waals surface area contributed by atoms with E-state index in [-0.39, 0.29) is 11.9 Å². The van der Waals surface area contributed by atoms with E-state index in [4.69, 9.17) is 17.3 Å². The summed E-state index contributed by atoms with van der Waals surface area (Å²) in [5.41, 5.74) is 6.43. The molecule has 4 heteroatoms. The minimum Gasteiger partial charge on any atom is -0.329 e. The van der Waals surface area contributed by atoms with Gasteiger partial charge >= 0.3 is 0 Å². The SMILES string of the molecule is NCC(NC1CCCCCC1)c1ccc(Cl)cc1F. The number of benzene rings is 1. The van der Waals surface area contributed by atoms with Gasteiger partial charge in [0, 0.05) is 29.2 Å². The summed E-state index contributed by atoms with van der Waals surface area (Å²) in [5, 5.41) is 3.94. The average molecular weight is 285 g/mol. The molecule has 1 fully saturated rings. The van der Waals surface area contributed by atoms with E-state index in [1.165, 1.54) is 31.7 Å². The molecule has 0 radical (unpaired) electrons. The molecule has 2 rings (SSSR count). The van der Waals surface area contributed by atoms with Crippen molar-refractivity contribution in [3.8, 4) is 0 Å². The van der Waals surface area contributed by atoms with E-state index in [1.807, 2.05) is 0 Å². The van der Waals surface area contributed by atoms with Crippen LogP contribution in [-0.4, -0.2) is 12.6 Å². The van der Waals surface area contributed by atoms with Gasteiger partial charge in [0.25, 0.3) is 0 Å².